The van der Waals surface area contributed by atoms with E-state index in [4.69, 9.17) is 15.6 Å². The third-order valence-electron chi connectivity index (χ3n) is 2.96. The van der Waals surface area contributed by atoms with E-state index < -0.39 is 12.0 Å². The quantitative estimate of drug-likeness (QED) is 0.673. The van der Waals surface area contributed by atoms with Crippen molar-refractivity contribution >= 4 is 5.97 Å². The fraction of sp³-hybridized carbons (Fsp3) is 0.533. The second-order valence-electron chi connectivity index (χ2n) is 4.70. The molecule has 0 aromatic heterocycles. The topological polar surface area (TPSA) is 72.5 Å². The highest BCUT2D eigenvalue weighted by molar-refractivity contribution is 5.73. The van der Waals surface area contributed by atoms with Crippen LogP contribution in [-0.4, -0.2) is 23.7 Å². The number of carboxylic acids is 1. The molecule has 4 heteroatoms. The van der Waals surface area contributed by atoms with E-state index in [2.05, 4.69) is 6.92 Å². The Bertz CT molecular complexity index is 375. The lowest BCUT2D eigenvalue weighted by Crippen LogP contribution is -2.32. The van der Waals surface area contributed by atoms with Crippen LogP contribution in [0.4, 0.5) is 0 Å². The predicted molar refractivity (Wildman–Crippen MR) is 75.4 cm³/mol. The molecule has 0 unspecified atom stereocenters. The molecule has 1 rings (SSSR count). The Labute approximate surface area is 114 Å². The van der Waals surface area contributed by atoms with Gasteiger partial charge in [0.15, 0.2) is 0 Å². The lowest BCUT2D eigenvalue weighted by Gasteiger charge is -2.09. The average molecular weight is 265 g/mol. The van der Waals surface area contributed by atoms with Crippen molar-refractivity contribution in [3.63, 3.8) is 0 Å². The molecule has 0 amide bonds. The fourth-order valence-corrected chi connectivity index (χ4v) is 1.78. The Morgan fingerprint density at radius 2 is 1.95 bits per heavy atom. The smallest absolute Gasteiger partial charge is 0.320 e. The molecular weight excluding hydrogens is 242 g/mol. The van der Waals surface area contributed by atoms with Crippen LogP contribution in [0.3, 0.4) is 0 Å². The minimum absolute atomic E-state index is 0.339. The van der Waals surface area contributed by atoms with E-state index in [0.29, 0.717) is 6.42 Å². The number of carbonyl (C=O) groups is 1. The molecule has 0 bridgehead atoms. The highest BCUT2D eigenvalue weighted by atomic mass is 16.5. The van der Waals surface area contributed by atoms with Gasteiger partial charge in [-0.05, 0) is 30.5 Å². The molecule has 1 aromatic carbocycles. The van der Waals surface area contributed by atoms with Crippen molar-refractivity contribution in [2.45, 2.75) is 45.1 Å². The SMILES string of the molecule is CCCCCCOc1ccc(C[C@H](N)C(=O)O)cc1. The van der Waals surface area contributed by atoms with Gasteiger partial charge in [-0.25, -0.2) is 0 Å². The van der Waals surface area contributed by atoms with Gasteiger partial charge in [0.2, 0.25) is 0 Å². The van der Waals surface area contributed by atoms with Gasteiger partial charge >= 0.3 is 5.97 Å². The first kappa shape index (κ1) is 15.5. The highest BCUT2D eigenvalue weighted by Gasteiger charge is 2.11. The summed E-state index contributed by atoms with van der Waals surface area (Å²) in [6, 6.07) is 6.61. The third kappa shape index (κ3) is 6.25. The molecule has 4 nitrogen and oxygen atoms in total. The molecule has 0 heterocycles. The molecule has 0 radical (unpaired) electrons. The summed E-state index contributed by atoms with van der Waals surface area (Å²) < 4.78 is 5.61. The van der Waals surface area contributed by atoms with Crippen LogP contribution in [0.15, 0.2) is 24.3 Å². The van der Waals surface area contributed by atoms with Crippen molar-refractivity contribution in [3.05, 3.63) is 29.8 Å². The number of hydrogen-bond donors (Lipinski definition) is 2. The van der Waals surface area contributed by atoms with Crippen LogP contribution < -0.4 is 10.5 Å². The number of nitrogens with two attached hydrogens (primary N) is 1. The summed E-state index contributed by atoms with van der Waals surface area (Å²) in [5.41, 5.74) is 6.39. The van der Waals surface area contributed by atoms with Crippen molar-refractivity contribution in [2.24, 2.45) is 5.73 Å². The number of rotatable bonds is 9. The number of unbranched alkanes of at least 4 members (excludes halogenated alkanes) is 3. The molecule has 0 aliphatic carbocycles. The summed E-state index contributed by atoms with van der Waals surface area (Å²) in [5, 5.41) is 8.74. The van der Waals surface area contributed by atoms with Crippen LogP contribution in [0, 0.1) is 0 Å². The van der Waals surface area contributed by atoms with Crippen molar-refractivity contribution in [1.29, 1.82) is 0 Å². The zero-order chi connectivity index (χ0) is 14.1. The van der Waals surface area contributed by atoms with Crippen molar-refractivity contribution in [2.75, 3.05) is 6.61 Å². The Morgan fingerprint density at radius 3 is 2.53 bits per heavy atom. The molecule has 0 fully saturated rings. The van der Waals surface area contributed by atoms with Gasteiger partial charge in [-0.2, -0.15) is 0 Å². The van der Waals surface area contributed by atoms with Crippen LogP contribution in [0.25, 0.3) is 0 Å². The third-order valence-corrected chi connectivity index (χ3v) is 2.96. The van der Waals surface area contributed by atoms with Gasteiger partial charge in [-0.1, -0.05) is 38.3 Å². The minimum Gasteiger partial charge on any atom is -0.494 e. The monoisotopic (exact) mass is 265 g/mol. The van der Waals surface area contributed by atoms with Crippen LogP contribution in [0.2, 0.25) is 0 Å². The van der Waals surface area contributed by atoms with Crippen LogP contribution in [0.5, 0.6) is 5.75 Å². The summed E-state index contributed by atoms with van der Waals surface area (Å²) in [4.78, 5) is 10.6. The molecular formula is C15H23NO3. The fourth-order valence-electron chi connectivity index (χ4n) is 1.78. The van der Waals surface area contributed by atoms with E-state index in [0.717, 1.165) is 24.3 Å². The van der Waals surface area contributed by atoms with Gasteiger partial charge in [0.25, 0.3) is 0 Å². The number of benzene rings is 1. The lowest BCUT2D eigenvalue weighted by molar-refractivity contribution is -0.138. The van der Waals surface area contributed by atoms with E-state index in [-0.39, 0.29) is 0 Å². The zero-order valence-electron chi connectivity index (χ0n) is 11.5. The highest BCUT2D eigenvalue weighted by Crippen LogP contribution is 2.14. The molecule has 3 N–H and O–H groups in total. The van der Waals surface area contributed by atoms with E-state index in [1.165, 1.54) is 19.3 Å². The molecule has 106 valence electrons. The van der Waals surface area contributed by atoms with Crippen molar-refractivity contribution in [1.82, 2.24) is 0 Å². The average Bonchev–Trinajstić information content (AvgIpc) is 2.40. The second-order valence-corrected chi connectivity index (χ2v) is 4.70. The summed E-state index contributed by atoms with van der Waals surface area (Å²) in [7, 11) is 0. The molecule has 0 aliphatic rings. The zero-order valence-corrected chi connectivity index (χ0v) is 11.5. The van der Waals surface area contributed by atoms with Gasteiger partial charge in [0.1, 0.15) is 11.8 Å². The molecule has 0 saturated carbocycles. The van der Waals surface area contributed by atoms with Crippen LogP contribution in [-0.2, 0) is 11.2 Å². The van der Waals surface area contributed by atoms with Gasteiger partial charge in [0.05, 0.1) is 6.61 Å². The molecule has 0 spiro atoms. The van der Waals surface area contributed by atoms with E-state index in [9.17, 15) is 4.79 Å². The Kier molecular flexibility index (Phi) is 6.97. The number of aliphatic carboxylic acids is 1. The van der Waals surface area contributed by atoms with Gasteiger partial charge in [-0.15, -0.1) is 0 Å². The summed E-state index contributed by atoms with van der Waals surface area (Å²) >= 11 is 0. The van der Waals surface area contributed by atoms with E-state index >= 15 is 0 Å². The van der Waals surface area contributed by atoms with E-state index in [1.807, 2.05) is 24.3 Å². The minimum atomic E-state index is -0.976. The predicted octanol–water partition coefficient (Wildman–Crippen LogP) is 2.60. The lowest BCUT2D eigenvalue weighted by atomic mass is 10.1. The first-order valence-corrected chi connectivity index (χ1v) is 6.83. The maximum absolute atomic E-state index is 10.6. The molecule has 0 saturated heterocycles. The molecule has 1 atom stereocenters. The Morgan fingerprint density at radius 1 is 1.26 bits per heavy atom. The first-order chi connectivity index (χ1) is 9.13. The summed E-state index contributed by atoms with van der Waals surface area (Å²) in [6.45, 7) is 2.91. The number of hydrogen-bond acceptors (Lipinski definition) is 3. The van der Waals surface area contributed by atoms with Gasteiger partial charge in [-0.3, -0.25) is 4.79 Å². The first-order valence-electron chi connectivity index (χ1n) is 6.83. The van der Waals surface area contributed by atoms with Gasteiger partial charge < -0.3 is 15.6 Å². The standard InChI is InChI=1S/C15H23NO3/c1-2-3-4-5-10-19-13-8-6-12(7-9-13)11-14(16)15(17)18/h6-9,14H,2-5,10-11,16H2,1H3,(H,17,18)/t14-/m0/s1. The molecule has 1 aromatic rings. The van der Waals surface area contributed by atoms with Crippen LogP contribution in [0.1, 0.15) is 38.2 Å². The Balaban J connectivity index is 2.33. The normalized spacial score (nSPS) is 12.1. The van der Waals surface area contributed by atoms with Crippen molar-refractivity contribution < 1.29 is 14.6 Å². The molecule has 19 heavy (non-hydrogen) atoms. The maximum Gasteiger partial charge on any atom is 0.320 e. The number of carboxylic acid groups (broad SMARTS) is 1. The summed E-state index contributed by atoms with van der Waals surface area (Å²) in [6.07, 6.45) is 5.07. The van der Waals surface area contributed by atoms with Crippen LogP contribution >= 0.6 is 0 Å². The Hall–Kier alpha value is -1.55. The maximum atomic E-state index is 10.6. The largest absolute Gasteiger partial charge is 0.494 e. The van der Waals surface area contributed by atoms with E-state index in [1.54, 1.807) is 0 Å². The van der Waals surface area contributed by atoms with Gasteiger partial charge in [0, 0.05) is 0 Å². The number of ether oxygens (including phenoxy) is 1. The molecule has 0 aliphatic heterocycles. The second kappa shape index (κ2) is 8.53. The van der Waals surface area contributed by atoms with Crippen molar-refractivity contribution in [3.8, 4) is 5.75 Å². The summed E-state index contributed by atoms with van der Waals surface area (Å²) in [5.74, 6) is -0.152.